The van der Waals surface area contributed by atoms with Gasteiger partial charge in [-0.05, 0) is 56.7 Å². The average molecular weight is 433 g/mol. The first kappa shape index (κ1) is 21.6. The number of carbonyl (C=O) groups is 1. The van der Waals surface area contributed by atoms with Crippen LogP contribution in [0, 0.1) is 0 Å². The number of fused-ring (bicyclic) bond motifs is 1. The minimum Gasteiger partial charge on any atom is -0.493 e. The highest BCUT2D eigenvalue weighted by atomic mass is 16.5. The monoisotopic (exact) mass is 432 g/mol. The fraction of sp³-hybridized carbons (Fsp3) is 0.320. The lowest BCUT2D eigenvalue weighted by atomic mass is 10.1. The maximum atomic E-state index is 12.9. The summed E-state index contributed by atoms with van der Waals surface area (Å²) >= 11 is 0. The van der Waals surface area contributed by atoms with Crippen LogP contribution >= 0.6 is 0 Å². The van der Waals surface area contributed by atoms with E-state index in [4.69, 9.17) is 9.47 Å². The summed E-state index contributed by atoms with van der Waals surface area (Å²) in [6.07, 6.45) is 7.57. The van der Waals surface area contributed by atoms with Gasteiger partial charge in [-0.15, -0.1) is 0 Å². The molecule has 0 saturated carbocycles. The fourth-order valence-electron chi connectivity index (χ4n) is 3.81. The lowest BCUT2D eigenvalue weighted by molar-refractivity contribution is -0.126. The van der Waals surface area contributed by atoms with Gasteiger partial charge in [-0.1, -0.05) is 12.1 Å². The van der Waals surface area contributed by atoms with Crippen molar-refractivity contribution < 1.29 is 14.3 Å². The van der Waals surface area contributed by atoms with E-state index in [9.17, 15) is 4.79 Å². The van der Waals surface area contributed by atoms with Gasteiger partial charge in [0.25, 0.3) is 0 Å². The number of likely N-dealkylation sites (N-methyl/N-ethyl adjacent to an activating group) is 1. The van der Waals surface area contributed by atoms with Gasteiger partial charge in [0, 0.05) is 30.7 Å². The van der Waals surface area contributed by atoms with Gasteiger partial charge in [0.1, 0.15) is 30.3 Å². The van der Waals surface area contributed by atoms with Crippen molar-refractivity contribution in [3.8, 4) is 17.2 Å². The highest BCUT2D eigenvalue weighted by molar-refractivity contribution is 5.92. The summed E-state index contributed by atoms with van der Waals surface area (Å²) < 4.78 is 13.4. The van der Waals surface area contributed by atoms with Crippen LogP contribution in [0.25, 0.3) is 11.8 Å². The predicted octanol–water partition coefficient (Wildman–Crippen LogP) is 4.22. The molecule has 1 amide bonds. The van der Waals surface area contributed by atoms with E-state index in [1.54, 1.807) is 35.1 Å². The Morgan fingerprint density at radius 3 is 2.81 bits per heavy atom. The zero-order valence-corrected chi connectivity index (χ0v) is 18.9. The topological polar surface area (TPSA) is 69.5 Å². The van der Waals surface area contributed by atoms with E-state index >= 15 is 0 Å². The second-order valence-corrected chi connectivity index (χ2v) is 7.95. The molecule has 7 nitrogen and oxygen atoms in total. The van der Waals surface area contributed by atoms with E-state index in [-0.39, 0.29) is 18.1 Å². The van der Waals surface area contributed by atoms with E-state index in [1.807, 2.05) is 57.2 Å². The zero-order chi connectivity index (χ0) is 22.7. The minimum absolute atomic E-state index is 0.0879. The third-order valence-corrected chi connectivity index (χ3v) is 5.72. The number of benzene rings is 2. The fourth-order valence-corrected chi connectivity index (χ4v) is 3.81. The van der Waals surface area contributed by atoms with Crippen LogP contribution in [0.5, 0.6) is 11.5 Å². The highest BCUT2D eigenvalue weighted by Crippen LogP contribution is 2.35. The SMILES string of the molecule is CCOc1cc2c(cc1/C=C/C(=O)N(C)C(C)c1ccc(-n3cncn3)cc1)OC(C)C2. The van der Waals surface area contributed by atoms with Gasteiger partial charge in [0.05, 0.1) is 18.3 Å². The summed E-state index contributed by atoms with van der Waals surface area (Å²) in [7, 11) is 1.81. The quantitative estimate of drug-likeness (QED) is 0.523. The summed E-state index contributed by atoms with van der Waals surface area (Å²) in [6.45, 7) is 6.57. The van der Waals surface area contributed by atoms with Crippen LogP contribution in [0.1, 0.15) is 43.5 Å². The standard InChI is InChI=1S/C25H28N4O3/c1-5-31-23-14-21-12-17(2)32-24(21)13-20(23)8-11-25(30)28(4)18(3)19-6-9-22(10-7-19)29-16-26-15-27-29/h6-11,13-18H,5,12H2,1-4H3/b11-8+. The molecule has 2 heterocycles. The Balaban J connectivity index is 1.48. The molecule has 32 heavy (non-hydrogen) atoms. The van der Waals surface area contributed by atoms with E-state index in [1.165, 1.54) is 6.33 Å². The molecule has 1 aromatic heterocycles. The summed E-state index contributed by atoms with van der Waals surface area (Å²) in [5.41, 5.74) is 3.94. The molecule has 1 aliphatic heterocycles. The molecule has 3 aromatic rings. The molecule has 166 valence electrons. The third-order valence-electron chi connectivity index (χ3n) is 5.72. The number of ether oxygens (including phenoxy) is 2. The van der Waals surface area contributed by atoms with Crippen molar-refractivity contribution >= 4 is 12.0 Å². The van der Waals surface area contributed by atoms with Crippen molar-refractivity contribution in [3.63, 3.8) is 0 Å². The largest absolute Gasteiger partial charge is 0.493 e. The summed E-state index contributed by atoms with van der Waals surface area (Å²) in [4.78, 5) is 18.6. The van der Waals surface area contributed by atoms with Crippen LogP contribution < -0.4 is 9.47 Å². The Kier molecular flexibility index (Phi) is 6.25. The zero-order valence-electron chi connectivity index (χ0n) is 18.9. The van der Waals surface area contributed by atoms with Crippen LogP contribution in [0.15, 0.2) is 55.1 Å². The number of rotatable bonds is 7. The number of hydrogen-bond acceptors (Lipinski definition) is 5. The Bertz CT molecular complexity index is 1110. The summed E-state index contributed by atoms with van der Waals surface area (Å²) in [5, 5.41) is 4.14. The molecular formula is C25H28N4O3. The second-order valence-electron chi connectivity index (χ2n) is 7.95. The Hall–Kier alpha value is -3.61. The molecule has 7 heteroatoms. The van der Waals surface area contributed by atoms with Crippen molar-refractivity contribution in [3.05, 3.63) is 71.8 Å². The second kappa shape index (κ2) is 9.26. The molecule has 0 radical (unpaired) electrons. The van der Waals surface area contributed by atoms with Gasteiger partial charge in [0.2, 0.25) is 5.91 Å². The number of carbonyl (C=O) groups excluding carboxylic acids is 1. The molecule has 0 aliphatic carbocycles. The first-order valence-corrected chi connectivity index (χ1v) is 10.8. The molecule has 1 aliphatic rings. The molecule has 0 saturated heterocycles. The van der Waals surface area contributed by atoms with Crippen molar-refractivity contribution in [1.29, 1.82) is 0 Å². The van der Waals surface area contributed by atoms with Crippen LogP contribution in [0.4, 0.5) is 0 Å². The molecule has 0 spiro atoms. The number of nitrogens with zero attached hydrogens (tertiary/aromatic N) is 4. The van der Waals surface area contributed by atoms with Gasteiger partial charge in [0.15, 0.2) is 0 Å². The summed E-state index contributed by atoms with van der Waals surface area (Å²) in [5.74, 6) is 1.55. The molecular weight excluding hydrogens is 404 g/mol. The van der Waals surface area contributed by atoms with Crippen molar-refractivity contribution in [2.45, 2.75) is 39.3 Å². The molecule has 2 atom stereocenters. The summed E-state index contributed by atoms with van der Waals surface area (Å²) in [6, 6.07) is 11.8. The van der Waals surface area contributed by atoms with Gasteiger partial charge >= 0.3 is 0 Å². The number of hydrogen-bond donors (Lipinski definition) is 0. The van der Waals surface area contributed by atoms with E-state index < -0.39 is 0 Å². The van der Waals surface area contributed by atoms with E-state index in [0.717, 1.165) is 40.3 Å². The average Bonchev–Trinajstić information content (AvgIpc) is 3.45. The predicted molar refractivity (Wildman–Crippen MR) is 123 cm³/mol. The van der Waals surface area contributed by atoms with Crippen LogP contribution in [-0.2, 0) is 11.2 Å². The van der Waals surface area contributed by atoms with Crippen LogP contribution in [0.2, 0.25) is 0 Å². The highest BCUT2D eigenvalue weighted by Gasteiger charge is 2.22. The minimum atomic E-state index is -0.0903. The molecule has 0 N–H and O–H groups in total. The number of aromatic nitrogens is 3. The van der Waals surface area contributed by atoms with Crippen LogP contribution in [0.3, 0.4) is 0 Å². The van der Waals surface area contributed by atoms with Gasteiger partial charge in [-0.25, -0.2) is 9.67 Å². The van der Waals surface area contributed by atoms with Crippen molar-refractivity contribution in [1.82, 2.24) is 19.7 Å². The number of amides is 1. The first-order valence-electron chi connectivity index (χ1n) is 10.8. The normalized spacial score (nSPS) is 15.9. The lowest BCUT2D eigenvalue weighted by Crippen LogP contribution is -2.28. The van der Waals surface area contributed by atoms with E-state index in [2.05, 4.69) is 10.1 Å². The van der Waals surface area contributed by atoms with Crippen molar-refractivity contribution in [2.75, 3.05) is 13.7 Å². The molecule has 2 unspecified atom stereocenters. The Labute approximate surface area is 188 Å². The smallest absolute Gasteiger partial charge is 0.246 e. The molecule has 2 aromatic carbocycles. The first-order chi connectivity index (χ1) is 15.5. The Morgan fingerprint density at radius 1 is 1.34 bits per heavy atom. The van der Waals surface area contributed by atoms with Crippen LogP contribution in [-0.4, -0.2) is 45.3 Å². The van der Waals surface area contributed by atoms with Crippen molar-refractivity contribution in [2.24, 2.45) is 0 Å². The molecule has 4 rings (SSSR count). The van der Waals surface area contributed by atoms with Gasteiger partial charge in [-0.3, -0.25) is 4.79 Å². The van der Waals surface area contributed by atoms with Gasteiger partial charge < -0.3 is 14.4 Å². The van der Waals surface area contributed by atoms with Gasteiger partial charge in [-0.2, -0.15) is 5.10 Å². The maximum Gasteiger partial charge on any atom is 0.246 e. The molecule has 0 bridgehead atoms. The maximum absolute atomic E-state index is 12.9. The molecule has 0 fully saturated rings. The van der Waals surface area contributed by atoms with E-state index in [0.29, 0.717) is 6.61 Å². The Morgan fingerprint density at radius 2 is 2.12 bits per heavy atom. The lowest BCUT2D eigenvalue weighted by Gasteiger charge is -2.24. The third kappa shape index (κ3) is 4.51.